The summed E-state index contributed by atoms with van der Waals surface area (Å²) in [6.45, 7) is 2.06. The lowest BCUT2D eigenvalue weighted by Crippen LogP contribution is -2.29. The van der Waals surface area contributed by atoms with Gasteiger partial charge in [-0.3, -0.25) is 9.78 Å². The van der Waals surface area contributed by atoms with Gasteiger partial charge in [0.15, 0.2) is 0 Å². The van der Waals surface area contributed by atoms with E-state index in [-0.39, 0.29) is 11.9 Å². The topological polar surface area (TPSA) is 54.9 Å². The van der Waals surface area contributed by atoms with Crippen LogP contribution in [0, 0.1) is 6.92 Å². The molecule has 3 rings (SSSR count). The van der Waals surface area contributed by atoms with E-state index in [1.807, 2.05) is 23.6 Å². The molecular weight excluding hydrogens is 330 g/mol. The number of pyridine rings is 1. The van der Waals surface area contributed by atoms with Crippen molar-refractivity contribution in [1.82, 2.24) is 15.3 Å². The number of carbonyl (C=O) groups excluding carboxylic acids is 1. The molecule has 1 unspecified atom stereocenters. The van der Waals surface area contributed by atoms with E-state index >= 15 is 0 Å². The average molecular weight is 349 g/mol. The molecule has 0 spiro atoms. The van der Waals surface area contributed by atoms with Gasteiger partial charge in [-0.2, -0.15) is 0 Å². The molecule has 0 saturated heterocycles. The van der Waals surface area contributed by atoms with Gasteiger partial charge in [-0.1, -0.05) is 35.9 Å². The first kappa shape index (κ1) is 17.0. The highest BCUT2D eigenvalue weighted by Crippen LogP contribution is 2.17. The van der Waals surface area contributed by atoms with Gasteiger partial charge in [-0.05, 0) is 37.1 Å². The summed E-state index contributed by atoms with van der Waals surface area (Å²) in [5.74, 6) is -0.157. The number of rotatable bonds is 6. The molecule has 1 atom stereocenters. The Bertz CT molecular complexity index is 827. The lowest BCUT2D eigenvalue weighted by molar-refractivity contribution is -0.117. The Labute approximate surface area is 151 Å². The predicted molar refractivity (Wildman–Crippen MR) is 101 cm³/mol. The number of aryl methyl sites for hydroxylation is 1. The smallest absolute Gasteiger partial charge is 0.244 e. The molecule has 126 valence electrons. The Morgan fingerprint density at radius 2 is 2.04 bits per heavy atom. The number of aromatic nitrogens is 2. The molecule has 3 aromatic rings. The first-order chi connectivity index (χ1) is 12.2. The molecule has 0 radical (unpaired) electrons. The van der Waals surface area contributed by atoms with E-state index in [2.05, 4.69) is 46.5 Å². The van der Waals surface area contributed by atoms with Crippen molar-refractivity contribution in [3.8, 4) is 0 Å². The van der Waals surface area contributed by atoms with Gasteiger partial charge in [0.1, 0.15) is 0 Å². The minimum atomic E-state index is -0.184. The molecule has 0 saturated carbocycles. The van der Waals surface area contributed by atoms with Gasteiger partial charge in [0.05, 0.1) is 22.9 Å². The monoisotopic (exact) mass is 349 g/mol. The van der Waals surface area contributed by atoms with Gasteiger partial charge < -0.3 is 5.32 Å². The Morgan fingerprint density at radius 3 is 2.72 bits per heavy atom. The van der Waals surface area contributed by atoms with E-state index in [9.17, 15) is 4.79 Å². The van der Waals surface area contributed by atoms with Crippen molar-refractivity contribution >= 4 is 23.3 Å². The van der Waals surface area contributed by atoms with E-state index in [1.54, 1.807) is 17.8 Å². The average Bonchev–Trinajstić information content (AvgIpc) is 3.16. The fourth-order valence-corrected chi connectivity index (χ4v) is 2.98. The number of amides is 1. The van der Waals surface area contributed by atoms with Gasteiger partial charge >= 0.3 is 0 Å². The fourth-order valence-electron chi connectivity index (χ4n) is 2.46. The highest BCUT2D eigenvalue weighted by molar-refractivity contribution is 7.07. The third-order valence-electron chi connectivity index (χ3n) is 3.78. The van der Waals surface area contributed by atoms with Gasteiger partial charge in [-0.25, -0.2) is 4.98 Å². The molecule has 0 fully saturated rings. The largest absolute Gasteiger partial charge is 0.344 e. The molecule has 1 N–H and O–H groups in total. The summed E-state index contributed by atoms with van der Waals surface area (Å²) in [7, 11) is 0. The predicted octanol–water partition coefficient (Wildman–Crippen LogP) is 3.96. The molecule has 0 aliphatic rings. The van der Waals surface area contributed by atoms with E-state index in [0.29, 0.717) is 6.42 Å². The second kappa shape index (κ2) is 8.35. The van der Waals surface area contributed by atoms with Crippen molar-refractivity contribution in [2.24, 2.45) is 0 Å². The van der Waals surface area contributed by atoms with Gasteiger partial charge in [0, 0.05) is 17.7 Å². The first-order valence-corrected chi connectivity index (χ1v) is 8.98. The third-order valence-corrected chi connectivity index (χ3v) is 4.38. The maximum atomic E-state index is 12.3. The molecule has 5 heteroatoms. The van der Waals surface area contributed by atoms with Crippen molar-refractivity contribution in [1.29, 1.82) is 0 Å². The molecule has 0 aliphatic heterocycles. The summed E-state index contributed by atoms with van der Waals surface area (Å²) >= 11 is 1.50. The summed E-state index contributed by atoms with van der Waals surface area (Å²) in [6.07, 6.45) is 5.66. The van der Waals surface area contributed by atoms with Crippen LogP contribution in [0.15, 0.2) is 65.6 Å². The van der Waals surface area contributed by atoms with Gasteiger partial charge in [-0.15, -0.1) is 11.3 Å². The molecule has 0 aliphatic carbocycles. The quantitative estimate of drug-likeness (QED) is 0.685. The molecule has 2 aromatic heterocycles. The number of carbonyl (C=O) groups is 1. The van der Waals surface area contributed by atoms with Crippen molar-refractivity contribution < 1.29 is 4.79 Å². The van der Waals surface area contributed by atoms with Crippen LogP contribution in [-0.4, -0.2) is 15.9 Å². The summed E-state index contributed by atoms with van der Waals surface area (Å²) in [5, 5.41) is 4.94. The normalized spacial score (nSPS) is 12.2. The van der Waals surface area contributed by atoms with Crippen LogP contribution >= 0.6 is 11.3 Å². The minimum Gasteiger partial charge on any atom is -0.344 e. The van der Waals surface area contributed by atoms with Crippen molar-refractivity contribution in [2.45, 2.75) is 19.4 Å². The lowest BCUT2D eigenvalue weighted by atomic mass is 10.0. The van der Waals surface area contributed by atoms with Crippen LogP contribution in [-0.2, 0) is 11.2 Å². The van der Waals surface area contributed by atoms with E-state index < -0.39 is 0 Å². The van der Waals surface area contributed by atoms with Crippen LogP contribution in [0.25, 0.3) is 6.08 Å². The second-order valence-corrected chi connectivity index (χ2v) is 6.47. The third kappa shape index (κ3) is 5.09. The van der Waals surface area contributed by atoms with Crippen LogP contribution in [0.5, 0.6) is 0 Å². The molecule has 4 nitrogen and oxygen atoms in total. The molecule has 1 aromatic carbocycles. The summed E-state index contributed by atoms with van der Waals surface area (Å²) in [4.78, 5) is 20.9. The maximum absolute atomic E-state index is 12.3. The number of hydrogen-bond acceptors (Lipinski definition) is 4. The maximum Gasteiger partial charge on any atom is 0.244 e. The molecule has 1 amide bonds. The van der Waals surface area contributed by atoms with Gasteiger partial charge in [0.25, 0.3) is 0 Å². The number of nitrogens with one attached hydrogen (secondary N) is 1. The van der Waals surface area contributed by atoms with Gasteiger partial charge in [0.2, 0.25) is 5.91 Å². The summed E-state index contributed by atoms with van der Waals surface area (Å²) < 4.78 is 0. The minimum absolute atomic E-state index is 0.157. The number of hydrogen-bond donors (Lipinski definition) is 1. The Kier molecular flexibility index (Phi) is 5.69. The highest BCUT2D eigenvalue weighted by atomic mass is 32.1. The second-order valence-electron chi connectivity index (χ2n) is 5.75. The van der Waals surface area contributed by atoms with Crippen LogP contribution in [0.2, 0.25) is 0 Å². The van der Waals surface area contributed by atoms with Crippen molar-refractivity contribution in [3.05, 3.63) is 88.1 Å². The SMILES string of the molecule is Cc1ccc(CC(NC(=O)/C=C/c2cscn2)c2ccccn2)cc1. The summed E-state index contributed by atoms with van der Waals surface area (Å²) in [5.41, 5.74) is 5.75. The zero-order valence-corrected chi connectivity index (χ0v) is 14.7. The molecular formula is C20H19N3OS. The van der Waals surface area contributed by atoms with Crippen LogP contribution in [0.3, 0.4) is 0 Å². The zero-order valence-electron chi connectivity index (χ0n) is 13.9. The van der Waals surface area contributed by atoms with Crippen molar-refractivity contribution in [3.63, 3.8) is 0 Å². The van der Waals surface area contributed by atoms with E-state index in [4.69, 9.17) is 0 Å². The number of thiazole rings is 1. The Hall–Kier alpha value is -2.79. The number of benzene rings is 1. The standard InChI is InChI=1S/C20H19N3OS/c1-15-5-7-16(8-6-15)12-19(18-4-2-3-11-21-18)23-20(24)10-9-17-13-25-14-22-17/h2-11,13-14,19H,12H2,1H3,(H,23,24)/b10-9+. The lowest BCUT2D eigenvalue weighted by Gasteiger charge is -2.17. The highest BCUT2D eigenvalue weighted by Gasteiger charge is 2.15. The molecule has 2 heterocycles. The molecule has 25 heavy (non-hydrogen) atoms. The van der Waals surface area contributed by atoms with Crippen LogP contribution < -0.4 is 5.32 Å². The van der Waals surface area contributed by atoms with Crippen LogP contribution in [0.4, 0.5) is 0 Å². The van der Waals surface area contributed by atoms with Crippen molar-refractivity contribution in [2.75, 3.05) is 0 Å². The molecule has 0 bridgehead atoms. The Balaban J connectivity index is 1.74. The Morgan fingerprint density at radius 1 is 1.20 bits per heavy atom. The zero-order chi connectivity index (χ0) is 17.5. The first-order valence-electron chi connectivity index (χ1n) is 8.04. The van der Waals surface area contributed by atoms with E-state index in [0.717, 1.165) is 17.0 Å². The fraction of sp³-hybridized carbons (Fsp3) is 0.150. The van der Waals surface area contributed by atoms with Crippen LogP contribution in [0.1, 0.15) is 28.6 Å². The summed E-state index contributed by atoms with van der Waals surface area (Å²) in [6, 6.07) is 13.9. The van der Waals surface area contributed by atoms with E-state index in [1.165, 1.54) is 23.0 Å². The number of nitrogens with zero attached hydrogens (tertiary/aromatic N) is 2.